The van der Waals surface area contributed by atoms with Gasteiger partial charge in [-0.3, -0.25) is 0 Å². The van der Waals surface area contributed by atoms with Crippen molar-refractivity contribution in [3.63, 3.8) is 0 Å². The molecular weight excluding hydrogens is 370 g/mol. The van der Waals surface area contributed by atoms with Gasteiger partial charge in [-0.05, 0) is 49.9 Å². The molecule has 2 heterocycles. The summed E-state index contributed by atoms with van der Waals surface area (Å²) in [7, 11) is 0. The van der Waals surface area contributed by atoms with Gasteiger partial charge >= 0.3 is 6.09 Å². The van der Waals surface area contributed by atoms with E-state index in [0.29, 0.717) is 17.8 Å². The van der Waals surface area contributed by atoms with E-state index >= 15 is 0 Å². The van der Waals surface area contributed by atoms with Crippen molar-refractivity contribution >= 4 is 11.8 Å². The van der Waals surface area contributed by atoms with E-state index in [4.69, 9.17) is 9.52 Å². The highest BCUT2D eigenvalue weighted by Gasteiger charge is 2.30. The number of hydrogen-bond donors (Lipinski definition) is 3. The largest absolute Gasteiger partial charge is 0.465 e. The molecule has 4 rings (SSSR count). The SMILES string of the molecule is Cc1nnc(-c2ccc(N3CCC[C@H](N[C@@H]4CCCC[C@H]4NC(=O)O)C3)cc2)o1. The number of benzene rings is 1. The van der Waals surface area contributed by atoms with Crippen molar-refractivity contribution in [2.75, 3.05) is 18.0 Å². The molecule has 2 aromatic rings. The first kappa shape index (κ1) is 19.7. The Morgan fingerprint density at radius 1 is 1.10 bits per heavy atom. The Morgan fingerprint density at radius 3 is 2.55 bits per heavy atom. The summed E-state index contributed by atoms with van der Waals surface area (Å²) in [5, 5.41) is 23.5. The third-order valence-corrected chi connectivity index (χ3v) is 5.95. The first-order valence-electron chi connectivity index (χ1n) is 10.5. The third-order valence-electron chi connectivity index (χ3n) is 5.95. The fourth-order valence-corrected chi connectivity index (χ4v) is 4.54. The molecule has 8 nitrogen and oxygen atoms in total. The molecule has 1 aliphatic heterocycles. The van der Waals surface area contributed by atoms with Crippen LogP contribution in [0.4, 0.5) is 10.5 Å². The molecule has 0 bridgehead atoms. The molecule has 1 amide bonds. The number of nitrogens with one attached hydrogen (secondary N) is 2. The molecule has 1 aromatic carbocycles. The molecule has 3 N–H and O–H groups in total. The number of nitrogens with zero attached hydrogens (tertiary/aromatic N) is 3. The van der Waals surface area contributed by atoms with Crippen LogP contribution in [-0.2, 0) is 0 Å². The molecule has 8 heteroatoms. The molecule has 2 fully saturated rings. The molecule has 1 aromatic heterocycles. The number of rotatable bonds is 5. The fraction of sp³-hybridized carbons (Fsp3) is 0.571. The standard InChI is InChI=1S/C21H29N5O3/c1-14-24-25-20(29-14)15-8-10-17(11-9-15)26-12-4-5-16(13-26)22-18-6-2-3-7-19(18)23-21(27)28/h8-11,16,18-19,22-23H,2-7,12-13H2,1H3,(H,27,28)/t16-,18+,19+/m0/s1. The number of aryl methyl sites for hydroxylation is 1. The van der Waals surface area contributed by atoms with Crippen LogP contribution in [0.15, 0.2) is 28.7 Å². The van der Waals surface area contributed by atoms with Gasteiger partial charge in [0.05, 0.1) is 0 Å². The first-order valence-corrected chi connectivity index (χ1v) is 10.5. The van der Waals surface area contributed by atoms with Gasteiger partial charge in [-0.25, -0.2) is 4.79 Å². The summed E-state index contributed by atoms with van der Waals surface area (Å²) in [5.74, 6) is 1.11. The Kier molecular flexibility index (Phi) is 5.99. The molecule has 1 saturated heterocycles. The van der Waals surface area contributed by atoms with E-state index < -0.39 is 6.09 Å². The van der Waals surface area contributed by atoms with Gasteiger partial charge in [0.1, 0.15) is 0 Å². The summed E-state index contributed by atoms with van der Waals surface area (Å²) in [4.78, 5) is 13.5. The summed E-state index contributed by atoms with van der Waals surface area (Å²) in [5.41, 5.74) is 2.10. The normalized spacial score (nSPS) is 25.0. The zero-order valence-electron chi connectivity index (χ0n) is 16.8. The van der Waals surface area contributed by atoms with Crippen molar-refractivity contribution < 1.29 is 14.3 Å². The van der Waals surface area contributed by atoms with Crippen molar-refractivity contribution in [1.29, 1.82) is 0 Å². The Balaban J connectivity index is 1.38. The van der Waals surface area contributed by atoms with Crippen molar-refractivity contribution in [2.24, 2.45) is 0 Å². The Labute approximate surface area is 170 Å². The van der Waals surface area contributed by atoms with Gasteiger partial charge in [0.2, 0.25) is 11.8 Å². The van der Waals surface area contributed by atoms with Gasteiger partial charge in [0.15, 0.2) is 0 Å². The zero-order valence-corrected chi connectivity index (χ0v) is 16.8. The topological polar surface area (TPSA) is 104 Å². The Bertz CT molecular complexity index is 822. The Morgan fingerprint density at radius 2 is 1.86 bits per heavy atom. The van der Waals surface area contributed by atoms with E-state index in [1.807, 2.05) is 12.1 Å². The third kappa shape index (κ3) is 4.87. The van der Waals surface area contributed by atoms with E-state index in [1.165, 1.54) is 5.69 Å². The summed E-state index contributed by atoms with van der Waals surface area (Å²) in [6, 6.07) is 8.84. The number of carboxylic acid groups (broad SMARTS) is 1. The number of piperidine rings is 1. The molecule has 1 aliphatic carbocycles. The summed E-state index contributed by atoms with van der Waals surface area (Å²) in [6.07, 6.45) is 5.49. The van der Waals surface area contributed by atoms with Crippen LogP contribution in [0.1, 0.15) is 44.4 Å². The van der Waals surface area contributed by atoms with Gasteiger partial charge in [-0.15, -0.1) is 10.2 Å². The number of aromatic nitrogens is 2. The molecule has 29 heavy (non-hydrogen) atoms. The number of amides is 1. The molecule has 0 radical (unpaired) electrons. The highest BCUT2D eigenvalue weighted by atomic mass is 16.4. The lowest BCUT2D eigenvalue weighted by Crippen LogP contribution is -2.57. The average Bonchev–Trinajstić information content (AvgIpc) is 3.16. The van der Waals surface area contributed by atoms with E-state index in [9.17, 15) is 4.79 Å². The van der Waals surface area contributed by atoms with Crippen molar-refractivity contribution in [1.82, 2.24) is 20.8 Å². The molecular formula is C21H29N5O3. The number of carbonyl (C=O) groups is 1. The van der Waals surface area contributed by atoms with Crippen LogP contribution in [0.3, 0.4) is 0 Å². The molecule has 3 atom stereocenters. The second-order valence-electron chi connectivity index (χ2n) is 8.07. The van der Waals surface area contributed by atoms with Crippen LogP contribution >= 0.6 is 0 Å². The van der Waals surface area contributed by atoms with Gasteiger partial charge < -0.3 is 25.1 Å². The van der Waals surface area contributed by atoms with Gasteiger partial charge in [0.25, 0.3) is 0 Å². The maximum Gasteiger partial charge on any atom is 0.404 e. The predicted molar refractivity (Wildman–Crippen MR) is 110 cm³/mol. The quantitative estimate of drug-likeness (QED) is 0.709. The molecule has 2 aliphatic rings. The first-order chi connectivity index (χ1) is 14.1. The monoisotopic (exact) mass is 399 g/mol. The summed E-state index contributed by atoms with van der Waals surface area (Å²) >= 11 is 0. The lowest BCUT2D eigenvalue weighted by atomic mass is 9.89. The Hall–Kier alpha value is -2.61. The molecule has 1 saturated carbocycles. The number of hydrogen-bond acceptors (Lipinski definition) is 6. The maximum atomic E-state index is 11.1. The van der Waals surface area contributed by atoms with Crippen LogP contribution in [0.5, 0.6) is 0 Å². The molecule has 156 valence electrons. The van der Waals surface area contributed by atoms with Crippen molar-refractivity contribution in [2.45, 2.75) is 63.6 Å². The molecule has 0 unspecified atom stereocenters. The molecule has 0 spiro atoms. The predicted octanol–water partition coefficient (Wildman–Crippen LogP) is 3.18. The van der Waals surface area contributed by atoms with E-state index in [1.54, 1.807) is 6.92 Å². The summed E-state index contributed by atoms with van der Waals surface area (Å²) in [6.45, 7) is 3.74. The highest BCUT2D eigenvalue weighted by molar-refractivity contribution is 5.65. The second kappa shape index (κ2) is 8.82. The van der Waals surface area contributed by atoms with Crippen LogP contribution in [0.25, 0.3) is 11.5 Å². The van der Waals surface area contributed by atoms with E-state index in [-0.39, 0.29) is 12.1 Å². The van der Waals surface area contributed by atoms with Crippen LogP contribution in [0.2, 0.25) is 0 Å². The lowest BCUT2D eigenvalue weighted by Gasteiger charge is -2.40. The minimum absolute atomic E-state index is 0.00812. The van der Waals surface area contributed by atoms with Gasteiger partial charge in [0, 0.05) is 49.4 Å². The summed E-state index contributed by atoms with van der Waals surface area (Å²) < 4.78 is 5.50. The maximum absolute atomic E-state index is 11.1. The smallest absolute Gasteiger partial charge is 0.404 e. The fourth-order valence-electron chi connectivity index (χ4n) is 4.54. The average molecular weight is 399 g/mol. The minimum Gasteiger partial charge on any atom is -0.465 e. The van der Waals surface area contributed by atoms with Crippen molar-refractivity contribution in [3.05, 3.63) is 30.2 Å². The lowest BCUT2D eigenvalue weighted by molar-refractivity contribution is 0.176. The van der Waals surface area contributed by atoms with E-state index in [0.717, 1.165) is 57.2 Å². The van der Waals surface area contributed by atoms with Crippen molar-refractivity contribution in [3.8, 4) is 11.5 Å². The second-order valence-corrected chi connectivity index (χ2v) is 8.07. The van der Waals surface area contributed by atoms with E-state index in [2.05, 4.69) is 37.9 Å². The minimum atomic E-state index is -0.925. The highest BCUT2D eigenvalue weighted by Crippen LogP contribution is 2.26. The zero-order chi connectivity index (χ0) is 20.2. The van der Waals surface area contributed by atoms with Gasteiger partial charge in [-0.2, -0.15) is 0 Å². The van der Waals surface area contributed by atoms with Crippen LogP contribution in [0, 0.1) is 6.92 Å². The van der Waals surface area contributed by atoms with Gasteiger partial charge in [-0.1, -0.05) is 12.8 Å². The number of anilines is 1. The van der Waals surface area contributed by atoms with Crippen LogP contribution < -0.4 is 15.5 Å². The van der Waals surface area contributed by atoms with Crippen LogP contribution in [-0.4, -0.2) is 52.6 Å².